The fourth-order valence-electron chi connectivity index (χ4n) is 5.94. The topological polar surface area (TPSA) is 0 Å². The summed E-state index contributed by atoms with van der Waals surface area (Å²) in [5.74, 6) is 0.578. The first-order chi connectivity index (χ1) is 21.4. The van der Waals surface area contributed by atoms with Crippen LogP contribution in [0.1, 0.15) is 58.7 Å². The van der Waals surface area contributed by atoms with Gasteiger partial charge in [0, 0.05) is 9.52 Å². The van der Waals surface area contributed by atoms with Crippen molar-refractivity contribution in [3.8, 4) is 22.3 Å². The summed E-state index contributed by atoms with van der Waals surface area (Å²) < 4.78 is 0. The number of hydrogen-bond acceptors (Lipinski definition) is 0. The molecule has 0 aromatic heterocycles. The number of rotatable bonds is 3. The van der Waals surface area contributed by atoms with Crippen molar-refractivity contribution in [2.45, 2.75) is 74.4 Å². The van der Waals surface area contributed by atoms with E-state index in [-0.39, 0.29) is 0 Å². The molecule has 0 saturated carbocycles. The normalized spacial score (nSPS) is 10.4. The quantitative estimate of drug-likeness (QED) is 0.126. The van der Waals surface area contributed by atoms with Crippen molar-refractivity contribution in [3.05, 3.63) is 130 Å². The Morgan fingerprint density at radius 3 is 1.60 bits per heavy atom. The van der Waals surface area contributed by atoms with Gasteiger partial charge in [-0.3, -0.25) is 0 Å². The van der Waals surface area contributed by atoms with Crippen LogP contribution in [0, 0.1) is 41.5 Å². The van der Waals surface area contributed by atoms with Crippen molar-refractivity contribution >= 4 is 48.1 Å². The average Bonchev–Trinajstić information content (AvgIpc) is 3.58. The monoisotopic (exact) mass is 726 g/mol. The van der Waals surface area contributed by atoms with Crippen LogP contribution in [0.4, 0.5) is 0 Å². The van der Waals surface area contributed by atoms with Crippen LogP contribution < -0.4 is 0 Å². The van der Waals surface area contributed by atoms with Gasteiger partial charge in [0.25, 0.3) is 0 Å². The molecule has 0 unspecified atom stereocenters. The number of halogens is 2. The Morgan fingerprint density at radius 1 is 0.622 bits per heavy atom. The van der Waals surface area contributed by atoms with Crippen LogP contribution in [-0.2, 0) is 20.8 Å². The van der Waals surface area contributed by atoms with Gasteiger partial charge in [0.05, 0.1) is 0 Å². The summed E-state index contributed by atoms with van der Waals surface area (Å²) in [5, 5.41) is 5.49. The summed E-state index contributed by atoms with van der Waals surface area (Å²) in [5.41, 5.74) is 14.8. The third-order valence-corrected chi connectivity index (χ3v) is 7.75. The van der Waals surface area contributed by atoms with Crippen molar-refractivity contribution in [3.63, 3.8) is 0 Å². The van der Waals surface area contributed by atoms with E-state index in [0.717, 1.165) is 9.52 Å². The summed E-state index contributed by atoms with van der Waals surface area (Å²) in [4.78, 5) is 0. The fraction of sp³-hybridized carbons (Fsp3) is 0.268. The second-order valence-corrected chi connectivity index (χ2v) is 17.1. The van der Waals surface area contributed by atoms with Gasteiger partial charge in [0.15, 0.2) is 0 Å². The predicted molar refractivity (Wildman–Crippen MR) is 202 cm³/mol. The summed E-state index contributed by atoms with van der Waals surface area (Å²) >= 11 is -0.826. The van der Waals surface area contributed by atoms with Gasteiger partial charge in [-0.05, 0) is 44.7 Å². The first-order valence-electron chi connectivity index (χ1n) is 15.5. The molecule has 0 atom stereocenters. The summed E-state index contributed by atoms with van der Waals surface area (Å²) in [7, 11) is 11.0. The van der Waals surface area contributed by atoms with Gasteiger partial charge in [-0.25, -0.2) is 0 Å². The fourth-order valence-corrected chi connectivity index (χ4v) is 5.94. The Morgan fingerprint density at radius 2 is 1.11 bits per heavy atom. The minimum atomic E-state index is -0.826. The van der Waals surface area contributed by atoms with E-state index in [2.05, 4.69) is 159 Å². The first kappa shape index (κ1) is 37.2. The molecule has 2 radical (unpaired) electrons. The van der Waals surface area contributed by atoms with Gasteiger partial charge in [-0.2, -0.15) is 12.1 Å². The maximum absolute atomic E-state index is 4.93. The van der Waals surface area contributed by atoms with Gasteiger partial charge in [0.1, 0.15) is 0 Å². The molecule has 232 valence electrons. The molecule has 6 aromatic carbocycles. The SMILES string of the molecule is C[Si]C.Cc1cc(C)cc(-c2ccc(C)c3[cH-]c(C)cc23)c1.Cc1cc(C)cc(-c2cccc3[cH-]c(C(C)C)cc23)c1.[Cl][Zr+2][Cl]. The number of aryl methyl sites for hydroxylation is 6. The zero-order valence-electron chi connectivity index (χ0n) is 28.5. The van der Waals surface area contributed by atoms with E-state index >= 15 is 0 Å². The van der Waals surface area contributed by atoms with Crippen LogP contribution in [0.25, 0.3) is 43.8 Å². The molecule has 6 aromatic rings. The van der Waals surface area contributed by atoms with Gasteiger partial charge in [0.2, 0.25) is 0 Å². The molecular formula is C41H46Cl2SiZr. The van der Waals surface area contributed by atoms with Crippen LogP contribution >= 0.6 is 17.0 Å². The van der Waals surface area contributed by atoms with Crippen LogP contribution in [0.15, 0.2) is 91.0 Å². The molecular weight excluding hydrogens is 683 g/mol. The van der Waals surface area contributed by atoms with E-state index in [0.29, 0.717) is 5.92 Å². The van der Waals surface area contributed by atoms with Crippen molar-refractivity contribution in [2.24, 2.45) is 0 Å². The molecule has 0 fully saturated rings. The third-order valence-electron chi connectivity index (χ3n) is 7.75. The minimum absolute atomic E-state index is 0.578. The molecule has 45 heavy (non-hydrogen) atoms. The summed E-state index contributed by atoms with van der Waals surface area (Å²) in [6.07, 6.45) is 0. The Kier molecular flexibility index (Phi) is 14.6. The molecule has 0 aliphatic rings. The second-order valence-electron chi connectivity index (χ2n) is 12.4. The third kappa shape index (κ3) is 10.1. The van der Waals surface area contributed by atoms with E-state index in [4.69, 9.17) is 17.0 Å². The first-order valence-corrected chi connectivity index (χ1v) is 23.8. The number of fused-ring (bicyclic) bond motifs is 2. The Labute approximate surface area is 293 Å². The Hall–Kier alpha value is -2.22. The molecule has 0 nitrogen and oxygen atoms in total. The molecule has 6 rings (SSSR count). The predicted octanol–water partition coefficient (Wildman–Crippen LogP) is 13.6. The number of hydrogen-bond donors (Lipinski definition) is 0. The van der Waals surface area contributed by atoms with Gasteiger partial charge in [-0.1, -0.05) is 123 Å². The molecule has 4 heteroatoms. The van der Waals surface area contributed by atoms with Gasteiger partial charge < -0.3 is 0 Å². The van der Waals surface area contributed by atoms with E-state index in [1.807, 2.05) is 0 Å². The average molecular weight is 729 g/mol. The maximum atomic E-state index is 4.93. The standard InChI is InChI=1S/C20H21.C19H19.C2H6Si.2ClH.Zr/c1-13(2)17-11-16-6-5-7-19(20(16)12-17)18-9-14(3)8-15(4)10-18;1-12-7-13(2)9-16(8-12)17-6-5-15(4)18-10-14(3)11-19(17)18;1-3-2;;;/h5-13H,1-4H3;5-11H,1-4H3;1-2H3;2*1H;/q2*-1;;;;+4/p-2. The number of benzene rings is 4. The van der Waals surface area contributed by atoms with E-state index in [9.17, 15) is 0 Å². The van der Waals surface area contributed by atoms with Gasteiger partial charge >= 0.3 is 37.9 Å². The van der Waals surface area contributed by atoms with Crippen LogP contribution in [-0.4, -0.2) is 9.52 Å². The van der Waals surface area contributed by atoms with Crippen molar-refractivity contribution in [1.82, 2.24) is 0 Å². The van der Waals surface area contributed by atoms with Crippen LogP contribution in [0.2, 0.25) is 13.1 Å². The van der Waals surface area contributed by atoms with Crippen molar-refractivity contribution in [2.75, 3.05) is 0 Å². The molecule has 0 aliphatic heterocycles. The molecule has 0 bridgehead atoms. The summed E-state index contributed by atoms with van der Waals surface area (Å²) in [6.45, 7) is 21.8. The van der Waals surface area contributed by atoms with Crippen molar-refractivity contribution in [1.29, 1.82) is 0 Å². The molecule has 0 heterocycles. The summed E-state index contributed by atoms with van der Waals surface area (Å²) in [6, 6.07) is 33.9. The molecule has 0 saturated heterocycles. The van der Waals surface area contributed by atoms with Crippen molar-refractivity contribution < 1.29 is 20.8 Å². The molecule has 0 amide bonds. The Balaban J connectivity index is 0.000000209. The molecule has 0 spiro atoms. The van der Waals surface area contributed by atoms with E-state index < -0.39 is 20.8 Å². The van der Waals surface area contributed by atoms with E-state index in [1.165, 1.54) is 82.7 Å². The molecule has 0 aliphatic carbocycles. The van der Waals surface area contributed by atoms with Crippen LogP contribution in [0.5, 0.6) is 0 Å². The zero-order chi connectivity index (χ0) is 33.3. The second kappa shape index (κ2) is 17.6. The van der Waals surface area contributed by atoms with E-state index in [1.54, 1.807) is 0 Å². The Bertz CT molecular complexity index is 1800. The molecule has 0 N–H and O–H groups in total. The van der Waals surface area contributed by atoms with Crippen LogP contribution in [0.3, 0.4) is 0 Å². The van der Waals surface area contributed by atoms with Gasteiger partial charge in [-0.15, -0.1) is 68.6 Å². The zero-order valence-corrected chi connectivity index (χ0v) is 33.5.